The fourth-order valence-electron chi connectivity index (χ4n) is 3.18. The van der Waals surface area contributed by atoms with Gasteiger partial charge in [0.05, 0.1) is 5.69 Å². The molecule has 1 amide bonds. The molecule has 0 aliphatic rings. The molecule has 1 N–H and O–H groups in total. The van der Waals surface area contributed by atoms with Crippen molar-refractivity contribution in [3.63, 3.8) is 0 Å². The van der Waals surface area contributed by atoms with Gasteiger partial charge in [0.25, 0.3) is 0 Å². The summed E-state index contributed by atoms with van der Waals surface area (Å²) in [6.45, 7) is 0.645. The monoisotopic (exact) mass is 431 g/mol. The summed E-state index contributed by atoms with van der Waals surface area (Å²) < 4.78 is 14.6. The number of carbonyl (C=O) groups is 1. The molecule has 0 aliphatic carbocycles. The zero-order chi connectivity index (χ0) is 22.5. The van der Waals surface area contributed by atoms with Crippen molar-refractivity contribution >= 4 is 12.0 Å². The molecule has 2 aromatic heterocycles. The molecule has 0 fully saturated rings. The Kier molecular flexibility index (Phi) is 6.16. The largest absolute Gasteiger partial charge is 0.354 e. The number of nitrogens with zero attached hydrogens (tertiary/aromatic N) is 6. The molecule has 4 aromatic rings. The number of benzene rings is 2. The van der Waals surface area contributed by atoms with Gasteiger partial charge in [0, 0.05) is 32.4 Å². The predicted molar refractivity (Wildman–Crippen MR) is 120 cm³/mol. The van der Waals surface area contributed by atoms with Gasteiger partial charge in [0.1, 0.15) is 17.2 Å². The summed E-state index contributed by atoms with van der Waals surface area (Å²) in [6, 6.07) is 17.3. The highest BCUT2D eigenvalue weighted by molar-refractivity contribution is 5.86. The summed E-state index contributed by atoms with van der Waals surface area (Å²) >= 11 is 0. The van der Waals surface area contributed by atoms with E-state index in [1.165, 1.54) is 27.3 Å². The van der Waals surface area contributed by atoms with Crippen molar-refractivity contribution in [3.8, 4) is 22.6 Å². The summed E-state index contributed by atoms with van der Waals surface area (Å²) in [5.74, 6) is 0.0625. The molecule has 32 heavy (non-hydrogen) atoms. The average molecular weight is 431 g/mol. The number of nitrogens with one attached hydrogen (secondary N) is 1. The summed E-state index contributed by atoms with van der Waals surface area (Å²) in [6.07, 6.45) is 2.42. The minimum Gasteiger partial charge on any atom is -0.354 e. The summed E-state index contributed by atoms with van der Waals surface area (Å²) in [5.41, 5.74) is 3.13. The Labute approximate surface area is 184 Å². The molecule has 0 radical (unpaired) electrons. The zero-order valence-electron chi connectivity index (χ0n) is 17.7. The van der Waals surface area contributed by atoms with Gasteiger partial charge in [-0.05, 0) is 42.3 Å². The SMILES string of the molecule is CN(C)C(=O)n1nnc(-c2ccc(F)cc2)c1-c1ccnc(NCCc2ccccc2)n1. The maximum absolute atomic E-state index is 13.4. The smallest absolute Gasteiger partial charge is 0.346 e. The van der Waals surface area contributed by atoms with Gasteiger partial charge in [0.15, 0.2) is 0 Å². The molecule has 162 valence electrons. The Morgan fingerprint density at radius 1 is 1.06 bits per heavy atom. The van der Waals surface area contributed by atoms with Crippen molar-refractivity contribution < 1.29 is 9.18 Å². The van der Waals surface area contributed by atoms with Crippen LogP contribution < -0.4 is 5.32 Å². The Balaban J connectivity index is 1.67. The number of hydrogen-bond acceptors (Lipinski definition) is 6. The van der Waals surface area contributed by atoms with Crippen molar-refractivity contribution in [3.05, 3.63) is 78.2 Å². The van der Waals surface area contributed by atoms with Crippen molar-refractivity contribution in [1.82, 2.24) is 29.9 Å². The van der Waals surface area contributed by atoms with Crippen LogP contribution in [0.1, 0.15) is 5.56 Å². The van der Waals surface area contributed by atoms with Crippen LogP contribution in [-0.2, 0) is 6.42 Å². The Bertz CT molecular complexity index is 1210. The highest BCUT2D eigenvalue weighted by atomic mass is 19.1. The maximum Gasteiger partial charge on any atom is 0.346 e. The van der Waals surface area contributed by atoms with E-state index in [2.05, 4.69) is 37.7 Å². The van der Waals surface area contributed by atoms with Gasteiger partial charge in [0.2, 0.25) is 5.95 Å². The zero-order valence-corrected chi connectivity index (χ0v) is 17.7. The van der Waals surface area contributed by atoms with Crippen LogP contribution >= 0.6 is 0 Å². The first kappa shape index (κ1) is 21.1. The quantitative estimate of drug-likeness (QED) is 0.501. The number of aromatic nitrogens is 5. The molecular formula is C23H22FN7O. The molecule has 0 unspecified atom stereocenters. The first-order valence-corrected chi connectivity index (χ1v) is 10.1. The highest BCUT2D eigenvalue weighted by Gasteiger charge is 2.23. The van der Waals surface area contributed by atoms with E-state index in [4.69, 9.17) is 0 Å². The molecule has 0 saturated carbocycles. The fourth-order valence-corrected chi connectivity index (χ4v) is 3.18. The first-order valence-electron chi connectivity index (χ1n) is 10.1. The predicted octanol–water partition coefficient (Wildman–Crippen LogP) is 3.73. The number of amides is 1. The number of halogens is 1. The molecule has 0 saturated heterocycles. The molecule has 0 spiro atoms. The molecule has 8 nitrogen and oxygen atoms in total. The Morgan fingerprint density at radius 3 is 2.53 bits per heavy atom. The van der Waals surface area contributed by atoms with E-state index in [1.807, 2.05) is 18.2 Å². The van der Waals surface area contributed by atoms with Gasteiger partial charge in [-0.2, -0.15) is 4.68 Å². The first-order chi connectivity index (χ1) is 15.5. The van der Waals surface area contributed by atoms with Crippen LogP contribution in [0, 0.1) is 5.82 Å². The van der Waals surface area contributed by atoms with Crippen LogP contribution in [0.3, 0.4) is 0 Å². The van der Waals surface area contributed by atoms with Gasteiger partial charge < -0.3 is 10.2 Å². The van der Waals surface area contributed by atoms with Crippen LogP contribution in [0.4, 0.5) is 15.1 Å². The Hall–Kier alpha value is -4.14. The van der Waals surface area contributed by atoms with Gasteiger partial charge in [-0.1, -0.05) is 35.5 Å². The average Bonchev–Trinajstić information content (AvgIpc) is 3.25. The van der Waals surface area contributed by atoms with Crippen molar-refractivity contribution in [1.29, 1.82) is 0 Å². The second-order valence-corrected chi connectivity index (χ2v) is 7.31. The van der Waals surface area contributed by atoms with Gasteiger partial charge in [-0.25, -0.2) is 19.2 Å². The van der Waals surface area contributed by atoms with Crippen molar-refractivity contribution in [2.75, 3.05) is 26.0 Å². The van der Waals surface area contributed by atoms with Crippen LogP contribution in [0.25, 0.3) is 22.6 Å². The number of hydrogen-bond donors (Lipinski definition) is 1. The van der Waals surface area contributed by atoms with Gasteiger partial charge in [-0.15, -0.1) is 5.10 Å². The Morgan fingerprint density at radius 2 is 1.81 bits per heavy atom. The third-order valence-electron chi connectivity index (χ3n) is 4.79. The number of carbonyl (C=O) groups excluding carboxylic acids is 1. The van der Waals surface area contributed by atoms with Gasteiger partial charge in [-0.3, -0.25) is 0 Å². The second-order valence-electron chi connectivity index (χ2n) is 7.31. The van der Waals surface area contributed by atoms with E-state index in [0.717, 1.165) is 6.42 Å². The fraction of sp³-hybridized carbons (Fsp3) is 0.174. The lowest BCUT2D eigenvalue weighted by atomic mass is 10.1. The lowest BCUT2D eigenvalue weighted by molar-refractivity contribution is 0.215. The second kappa shape index (κ2) is 9.34. The molecule has 2 heterocycles. The summed E-state index contributed by atoms with van der Waals surface area (Å²) in [5, 5.41) is 11.5. The van der Waals surface area contributed by atoms with Crippen LogP contribution in [-0.4, -0.2) is 56.5 Å². The molecular weight excluding hydrogens is 409 g/mol. The third kappa shape index (κ3) is 4.61. The molecule has 9 heteroatoms. The molecule has 2 aromatic carbocycles. The minimum atomic E-state index is -0.377. The highest BCUT2D eigenvalue weighted by Crippen LogP contribution is 2.29. The molecule has 4 rings (SSSR count). The summed E-state index contributed by atoms with van der Waals surface area (Å²) in [4.78, 5) is 23.0. The van der Waals surface area contributed by atoms with E-state index in [1.54, 1.807) is 38.5 Å². The van der Waals surface area contributed by atoms with Crippen LogP contribution in [0.5, 0.6) is 0 Å². The topological polar surface area (TPSA) is 88.8 Å². The molecule has 0 atom stereocenters. The molecule has 0 aliphatic heterocycles. The molecule has 0 bridgehead atoms. The van der Waals surface area contributed by atoms with E-state index in [9.17, 15) is 9.18 Å². The number of rotatable bonds is 6. The standard InChI is InChI=1S/C23H22FN7O/c1-30(2)23(32)31-21(20(28-29-31)17-8-10-18(24)11-9-17)19-13-15-26-22(27-19)25-14-12-16-6-4-3-5-7-16/h3-11,13,15H,12,14H2,1-2H3,(H,25,26,27). The van der Waals surface area contributed by atoms with Crippen molar-refractivity contribution in [2.45, 2.75) is 6.42 Å². The maximum atomic E-state index is 13.4. The number of anilines is 1. The lowest BCUT2D eigenvalue weighted by Gasteiger charge is -2.13. The van der Waals surface area contributed by atoms with Crippen LogP contribution in [0.15, 0.2) is 66.9 Å². The van der Waals surface area contributed by atoms with Gasteiger partial charge >= 0.3 is 6.03 Å². The van der Waals surface area contributed by atoms with E-state index in [0.29, 0.717) is 35.1 Å². The van der Waals surface area contributed by atoms with E-state index >= 15 is 0 Å². The van der Waals surface area contributed by atoms with Crippen molar-refractivity contribution in [2.24, 2.45) is 0 Å². The summed E-state index contributed by atoms with van der Waals surface area (Å²) in [7, 11) is 3.25. The normalized spacial score (nSPS) is 10.7. The van der Waals surface area contributed by atoms with E-state index in [-0.39, 0.29) is 11.8 Å². The minimum absolute atomic E-state index is 0.362. The van der Waals surface area contributed by atoms with Crippen LogP contribution in [0.2, 0.25) is 0 Å². The lowest BCUT2D eigenvalue weighted by Crippen LogP contribution is -2.29. The van der Waals surface area contributed by atoms with E-state index < -0.39 is 0 Å². The third-order valence-corrected chi connectivity index (χ3v) is 4.79.